The van der Waals surface area contributed by atoms with E-state index in [4.69, 9.17) is 5.73 Å². The molecule has 5 nitrogen and oxygen atoms in total. The van der Waals surface area contributed by atoms with Crippen molar-refractivity contribution in [2.45, 2.75) is 70.4 Å². The third-order valence-electron chi connectivity index (χ3n) is 5.66. The standard InChI is InChI=1S/C17H29N3O2/c1-12-4-6-14(7-5-12)20(15-8-9-15)16(21)13-3-2-10-19(11-13)17(18)22/h12-15H,2-11H2,1H3,(H2,18,22). The van der Waals surface area contributed by atoms with Crippen LogP contribution in [0.3, 0.4) is 0 Å². The molecule has 3 amide bonds. The van der Waals surface area contributed by atoms with Gasteiger partial charge < -0.3 is 15.5 Å². The van der Waals surface area contributed by atoms with Crippen LogP contribution in [0.5, 0.6) is 0 Å². The summed E-state index contributed by atoms with van der Waals surface area (Å²) in [4.78, 5) is 28.3. The average Bonchev–Trinajstić information content (AvgIpc) is 3.34. The lowest BCUT2D eigenvalue weighted by Gasteiger charge is -2.40. The predicted molar refractivity (Wildman–Crippen MR) is 85.2 cm³/mol. The molecule has 0 bridgehead atoms. The van der Waals surface area contributed by atoms with Crippen LogP contribution in [0.25, 0.3) is 0 Å². The molecule has 0 aromatic heterocycles. The van der Waals surface area contributed by atoms with Gasteiger partial charge in [-0.25, -0.2) is 4.79 Å². The first kappa shape index (κ1) is 15.6. The van der Waals surface area contributed by atoms with Crippen molar-refractivity contribution in [2.75, 3.05) is 13.1 Å². The fraction of sp³-hybridized carbons (Fsp3) is 0.882. The first-order valence-electron chi connectivity index (χ1n) is 8.93. The van der Waals surface area contributed by atoms with E-state index in [-0.39, 0.29) is 17.9 Å². The zero-order valence-corrected chi connectivity index (χ0v) is 13.7. The molecule has 3 rings (SSSR count). The lowest BCUT2D eigenvalue weighted by molar-refractivity contribution is -0.141. The predicted octanol–water partition coefficient (Wildman–Crippen LogP) is 2.35. The lowest BCUT2D eigenvalue weighted by atomic mass is 9.85. The molecule has 2 aliphatic carbocycles. The SMILES string of the molecule is CC1CCC(N(C(=O)C2CCCN(C(N)=O)C2)C2CC2)CC1. The van der Waals surface area contributed by atoms with E-state index < -0.39 is 0 Å². The molecular formula is C17H29N3O2. The number of piperidine rings is 1. The highest BCUT2D eigenvalue weighted by molar-refractivity contribution is 5.81. The first-order valence-corrected chi connectivity index (χ1v) is 8.93. The Bertz CT molecular complexity index is 428. The molecule has 124 valence electrons. The maximum atomic E-state index is 13.1. The summed E-state index contributed by atoms with van der Waals surface area (Å²) in [6.45, 7) is 3.52. The quantitative estimate of drug-likeness (QED) is 0.869. The van der Waals surface area contributed by atoms with Gasteiger partial charge in [-0.3, -0.25) is 4.79 Å². The maximum Gasteiger partial charge on any atom is 0.314 e. The summed E-state index contributed by atoms with van der Waals surface area (Å²) in [6.07, 6.45) is 8.87. The van der Waals surface area contributed by atoms with Gasteiger partial charge in [0.15, 0.2) is 0 Å². The Morgan fingerprint density at radius 1 is 1.00 bits per heavy atom. The van der Waals surface area contributed by atoms with Crippen LogP contribution in [0.1, 0.15) is 58.3 Å². The Morgan fingerprint density at radius 2 is 1.59 bits per heavy atom. The van der Waals surface area contributed by atoms with Crippen molar-refractivity contribution in [3.05, 3.63) is 0 Å². The third kappa shape index (κ3) is 3.39. The molecule has 1 heterocycles. The molecule has 0 aromatic carbocycles. The number of carbonyl (C=O) groups excluding carboxylic acids is 2. The molecule has 3 fully saturated rings. The Labute approximate surface area is 133 Å². The van der Waals surface area contributed by atoms with Crippen molar-refractivity contribution in [1.82, 2.24) is 9.80 Å². The van der Waals surface area contributed by atoms with E-state index in [9.17, 15) is 9.59 Å². The molecule has 0 aromatic rings. The monoisotopic (exact) mass is 307 g/mol. The second kappa shape index (κ2) is 6.47. The van der Waals surface area contributed by atoms with Crippen LogP contribution in [-0.4, -0.2) is 46.9 Å². The molecule has 2 saturated carbocycles. The molecular weight excluding hydrogens is 278 g/mol. The highest BCUT2D eigenvalue weighted by atomic mass is 16.2. The van der Waals surface area contributed by atoms with E-state index in [1.807, 2.05) is 0 Å². The van der Waals surface area contributed by atoms with Gasteiger partial charge in [-0.2, -0.15) is 0 Å². The molecule has 3 aliphatic rings. The summed E-state index contributed by atoms with van der Waals surface area (Å²) in [7, 11) is 0. The first-order chi connectivity index (χ1) is 10.6. The lowest BCUT2D eigenvalue weighted by Crippen LogP contribution is -2.51. The van der Waals surface area contributed by atoms with E-state index in [1.54, 1.807) is 4.90 Å². The number of hydrogen-bond acceptors (Lipinski definition) is 2. The zero-order valence-electron chi connectivity index (χ0n) is 13.7. The van der Waals surface area contributed by atoms with Crippen LogP contribution in [-0.2, 0) is 4.79 Å². The third-order valence-corrected chi connectivity index (χ3v) is 5.66. The second-order valence-electron chi connectivity index (χ2n) is 7.51. The van der Waals surface area contributed by atoms with Gasteiger partial charge in [0, 0.05) is 25.2 Å². The van der Waals surface area contributed by atoms with Crippen LogP contribution < -0.4 is 5.73 Å². The maximum absolute atomic E-state index is 13.1. The topological polar surface area (TPSA) is 66.6 Å². The molecule has 22 heavy (non-hydrogen) atoms. The molecule has 2 N–H and O–H groups in total. The smallest absolute Gasteiger partial charge is 0.314 e. The number of primary amides is 1. The molecule has 1 aliphatic heterocycles. The number of nitrogens with two attached hydrogens (primary N) is 1. The number of nitrogens with zero attached hydrogens (tertiary/aromatic N) is 2. The van der Waals surface area contributed by atoms with Crippen LogP contribution >= 0.6 is 0 Å². The van der Waals surface area contributed by atoms with Crippen LogP contribution in [0.15, 0.2) is 0 Å². The minimum absolute atomic E-state index is 0.0406. The fourth-order valence-electron chi connectivity index (χ4n) is 4.12. The Morgan fingerprint density at radius 3 is 2.14 bits per heavy atom. The van der Waals surface area contributed by atoms with Crippen molar-refractivity contribution in [3.8, 4) is 0 Å². The number of carbonyl (C=O) groups is 2. The van der Waals surface area contributed by atoms with Crippen molar-refractivity contribution >= 4 is 11.9 Å². The highest BCUT2D eigenvalue weighted by Crippen LogP contribution is 2.37. The summed E-state index contributed by atoms with van der Waals surface area (Å²) < 4.78 is 0. The van der Waals surface area contributed by atoms with Crippen molar-refractivity contribution in [1.29, 1.82) is 0 Å². The average molecular weight is 307 g/mol. The van der Waals surface area contributed by atoms with Crippen LogP contribution in [0.2, 0.25) is 0 Å². The van der Waals surface area contributed by atoms with Gasteiger partial charge in [0.1, 0.15) is 0 Å². The van der Waals surface area contributed by atoms with Gasteiger partial charge >= 0.3 is 6.03 Å². The largest absolute Gasteiger partial charge is 0.351 e. The van der Waals surface area contributed by atoms with Gasteiger partial charge in [0.05, 0.1) is 5.92 Å². The summed E-state index contributed by atoms with van der Waals surface area (Å²) in [5.74, 6) is 1.04. The molecule has 1 saturated heterocycles. The van der Waals surface area contributed by atoms with E-state index in [0.717, 1.165) is 44.4 Å². The van der Waals surface area contributed by atoms with Gasteiger partial charge in [-0.05, 0) is 57.3 Å². The van der Waals surface area contributed by atoms with Crippen LogP contribution in [0, 0.1) is 11.8 Å². The minimum atomic E-state index is -0.387. The van der Waals surface area contributed by atoms with Crippen molar-refractivity contribution < 1.29 is 9.59 Å². The van der Waals surface area contributed by atoms with Gasteiger partial charge in [-0.1, -0.05) is 6.92 Å². The van der Waals surface area contributed by atoms with Gasteiger partial charge in [-0.15, -0.1) is 0 Å². The molecule has 5 heteroatoms. The van der Waals surface area contributed by atoms with Crippen molar-refractivity contribution in [3.63, 3.8) is 0 Å². The molecule has 0 spiro atoms. The van der Waals surface area contributed by atoms with Gasteiger partial charge in [0.2, 0.25) is 5.91 Å². The van der Waals surface area contributed by atoms with Crippen molar-refractivity contribution in [2.24, 2.45) is 17.6 Å². The summed E-state index contributed by atoms with van der Waals surface area (Å²) in [6, 6.07) is 0.511. The zero-order chi connectivity index (χ0) is 15.7. The fourth-order valence-corrected chi connectivity index (χ4v) is 4.12. The number of rotatable bonds is 3. The number of urea groups is 1. The van der Waals surface area contributed by atoms with E-state index in [2.05, 4.69) is 11.8 Å². The van der Waals surface area contributed by atoms with E-state index >= 15 is 0 Å². The van der Waals surface area contributed by atoms with Gasteiger partial charge in [0.25, 0.3) is 0 Å². The summed E-state index contributed by atoms with van der Waals surface area (Å²) >= 11 is 0. The second-order valence-corrected chi connectivity index (χ2v) is 7.51. The molecule has 1 atom stereocenters. The number of amides is 3. The summed E-state index contributed by atoms with van der Waals surface area (Å²) in [5, 5.41) is 0. The minimum Gasteiger partial charge on any atom is -0.351 e. The normalized spacial score (nSPS) is 32.6. The molecule has 1 unspecified atom stereocenters. The molecule has 0 radical (unpaired) electrons. The summed E-state index contributed by atoms with van der Waals surface area (Å²) in [5.41, 5.74) is 5.40. The Balaban J connectivity index is 1.66. The van der Waals surface area contributed by atoms with Crippen LogP contribution in [0.4, 0.5) is 4.79 Å². The van der Waals surface area contributed by atoms with E-state index in [0.29, 0.717) is 25.2 Å². The Hall–Kier alpha value is -1.26. The highest BCUT2D eigenvalue weighted by Gasteiger charge is 2.41. The number of likely N-dealkylation sites (tertiary alicyclic amines) is 1. The van der Waals surface area contributed by atoms with E-state index in [1.165, 1.54) is 12.8 Å². The Kier molecular flexibility index (Phi) is 4.59. The number of hydrogen-bond donors (Lipinski definition) is 1.